The number of amides is 1. The molecule has 0 saturated heterocycles. The quantitative estimate of drug-likeness (QED) is 0.860. The highest BCUT2D eigenvalue weighted by molar-refractivity contribution is 7.14. The molecule has 0 fully saturated rings. The van der Waals surface area contributed by atoms with Gasteiger partial charge in [0.2, 0.25) is 5.91 Å². The van der Waals surface area contributed by atoms with Gasteiger partial charge in [0.15, 0.2) is 11.6 Å². The lowest BCUT2D eigenvalue weighted by molar-refractivity contribution is -0.116. The second kappa shape index (κ2) is 6.85. The Morgan fingerprint density at radius 3 is 2.76 bits per heavy atom. The summed E-state index contributed by atoms with van der Waals surface area (Å²) in [6.45, 7) is 0.000542. The van der Waals surface area contributed by atoms with Crippen molar-refractivity contribution < 1.29 is 23.8 Å². The molecule has 0 atom stereocenters. The van der Waals surface area contributed by atoms with Crippen LogP contribution in [0.3, 0.4) is 0 Å². The number of aromatic carboxylic acids is 1. The van der Waals surface area contributed by atoms with Gasteiger partial charge in [-0.05, 0) is 23.6 Å². The van der Waals surface area contributed by atoms with Crippen molar-refractivity contribution in [3.05, 3.63) is 47.1 Å². The lowest BCUT2D eigenvalue weighted by atomic mass is 10.3. The Morgan fingerprint density at radius 1 is 1.29 bits per heavy atom. The summed E-state index contributed by atoms with van der Waals surface area (Å²) in [5.74, 6) is -1.91. The molecule has 2 N–H and O–H groups in total. The van der Waals surface area contributed by atoms with Crippen LogP contribution in [0.5, 0.6) is 5.75 Å². The maximum absolute atomic E-state index is 13.3. The van der Waals surface area contributed by atoms with E-state index < -0.39 is 17.7 Å². The van der Waals surface area contributed by atoms with E-state index in [0.29, 0.717) is 0 Å². The fourth-order valence-electron chi connectivity index (χ4n) is 1.58. The van der Waals surface area contributed by atoms with E-state index in [1.54, 1.807) is 17.5 Å². The van der Waals surface area contributed by atoms with Crippen LogP contribution in [0, 0.1) is 5.82 Å². The van der Waals surface area contributed by atoms with Gasteiger partial charge in [-0.25, -0.2) is 9.18 Å². The lowest BCUT2D eigenvalue weighted by Gasteiger charge is -2.07. The molecule has 1 amide bonds. The molecule has 5 nitrogen and oxygen atoms in total. The molecule has 7 heteroatoms. The number of anilines is 1. The Balaban J connectivity index is 1.84. The van der Waals surface area contributed by atoms with Crippen molar-refractivity contribution in [2.75, 3.05) is 11.9 Å². The van der Waals surface area contributed by atoms with Crippen LogP contribution in [0.4, 0.5) is 9.39 Å². The minimum Gasteiger partial charge on any atom is -0.490 e. The highest BCUT2D eigenvalue weighted by atomic mass is 32.1. The van der Waals surface area contributed by atoms with Crippen molar-refractivity contribution in [3.8, 4) is 5.75 Å². The van der Waals surface area contributed by atoms with Gasteiger partial charge in [-0.3, -0.25) is 4.79 Å². The first-order valence-corrected chi connectivity index (χ1v) is 6.94. The van der Waals surface area contributed by atoms with Crippen LogP contribution < -0.4 is 10.1 Å². The number of para-hydroxylation sites is 1. The van der Waals surface area contributed by atoms with Gasteiger partial charge in [-0.2, -0.15) is 0 Å². The van der Waals surface area contributed by atoms with E-state index in [-0.39, 0.29) is 29.3 Å². The zero-order valence-electron chi connectivity index (χ0n) is 10.8. The molecule has 0 spiro atoms. The number of carbonyl (C=O) groups excluding carboxylic acids is 1. The van der Waals surface area contributed by atoms with Gasteiger partial charge in [-0.1, -0.05) is 12.1 Å². The zero-order valence-corrected chi connectivity index (χ0v) is 11.7. The number of thiophene rings is 1. The minimum absolute atomic E-state index is 0.000542. The maximum atomic E-state index is 13.3. The molecule has 0 radical (unpaired) electrons. The van der Waals surface area contributed by atoms with Gasteiger partial charge >= 0.3 is 5.97 Å². The van der Waals surface area contributed by atoms with Gasteiger partial charge in [0, 0.05) is 0 Å². The summed E-state index contributed by atoms with van der Waals surface area (Å²) in [4.78, 5) is 22.6. The number of benzene rings is 1. The minimum atomic E-state index is -1.10. The molecule has 1 aromatic heterocycles. The number of halogens is 1. The molecular formula is C14H12FNO4S. The normalized spacial score (nSPS) is 10.1. The van der Waals surface area contributed by atoms with Crippen LogP contribution >= 0.6 is 11.3 Å². The number of ether oxygens (including phenoxy) is 1. The predicted molar refractivity (Wildman–Crippen MR) is 76.4 cm³/mol. The SMILES string of the molecule is O=C(CCOc1ccccc1F)Nc1sccc1C(=O)O. The van der Waals surface area contributed by atoms with Crippen LogP contribution in [0.2, 0.25) is 0 Å². The summed E-state index contributed by atoms with van der Waals surface area (Å²) in [6, 6.07) is 7.32. The van der Waals surface area contributed by atoms with E-state index in [2.05, 4.69) is 5.32 Å². The van der Waals surface area contributed by atoms with E-state index in [1.165, 1.54) is 18.2 Å². The molecule has 1 aromatic carbocycles. The molecule has 0 aliphatic heterocycles. The first kappa shape index (κ1) is 15.0. The Labute approximate surface area is 124 Å². The van der Waals surface area contributed by atoms with Crippen molar-refractivity contribution in [2.45, 2.75) is 6.42 Å². The topological polar surface area (TPSA) is 75.6 Å². The third-order valence-electron chi connectivity index (χ3n) is 2.57. The van der Waals surface area contributed by atoms with Crippen LogP contribution in [0.25, 0.3) is 0 Å². The molecule has 0 unspecified atom stereocenters. The Morgan fingerprint density at radius 2 is 2.05 bits per heavy atom. The molecule has 1 heterocycles. The maximum Gasteiger partial charge on any atom is 0.338 e. The largest absolute Gasteiger partial charge is 0.490 e. The molecule has 2 aromatic rings. The van der Waals surface area contributed by atoms with Crippen LogP contribution in [-0.4, -0.2) is 23.6 Å². The molecular weight excluding hydrogens is 297 g/mol. The second-order valence-corrected chi connectivity index (χ2v) is 4.96. The average Bonchev–Trinajstić information content (AvgIpc) is 2.89. The van der Waals surface area contributed by atoms with Crippen molar-refractivity contribution in [2.24, 2.45) is 0 Å². The van der Waals surface area contributed by atoms with Crippen molar-refractivity contribution in [1.82, 2.24) is 0 Å². The average molecular weight is 309 g/mol. The Bertz CT molecular complexity index is 656. The summed E-state index contributed by atoms with van der Waals surface area (Å²) >= 11 is 1.12. The first-order valence-electron chi connectivity index (χ1n) is 6.06. The van der Waals surface area contributed by atoms with Gasteiger partial charge in [0.25, 0.3) is 0 Å². The molecule has 110 valence electrons. The molecule has 2 rings (SSSR count). The Hall–Kier alpha value is -2.41. The van der Waals surface area contributed by atoms with Crippen LogP contribution in [0.1, 0.15) is 16.8 Å². The summed E-state index contributed by atoms with van der Waals surface area (Å²) in [5, 5.41) is 13.3. The van der Waals surface area contributed by atoms with E-state index in [9.17, 15) is 14.0 Å². The van der Waals surface area contributed by atoms with Crippen molar-refractivity contribution in [1.29, 1.82) is 0 Å². The monoisotopic (exact) mass is 309 g/mol. The zero-order chi connectivity index (χ0) is 15.2. The summed E-state index contributed by atoms with van der Waals surface area (Å²) in [6.07, 6.45) is -0.00864. The number of rotatable bonds is 6. The predicted octanol–water partition coefficient (Wildman–Crippen LogP) is 2.99. The highest BCUT2D eigenvalue weighted by Crippen LogP contribution is 2.23. The third-order valence-corrected chi connectivity index (χ3v) is 3.40. The molecule has 0 aliphatic carbocycles. The van der Waals surface area contributed by atoms with Gasteiger partial charge < -0.3 is 15.2 Å². The van der Waals surface area contributed by atoms with Crippen LogP contribution in [-0.2, 0) is 4.79 Å². The second-order valence-electron chi connectivity index (χ2n) is 4.05. The third kappa shape index (κ3) is 4.03. The van der Waals surface area contributed by atoms with E-state index >= 15 is 0 Å². The molecule has 0 aliphatic rings. The standard InChI is InChI=1S/C14H12FNO4S/c15-10-3-1-2-4-11(10)20-7-5-12(17)16-13-9(14(18)19)6-8-21-13/h1-4,6,8H,5,7H2,(H,16,17)(H,18,19). The first-order chi connectivity index (χ1) is 10.1. The molecule has 0 saturated carbocycles. The number of hydrogen-bond acceptors (Lipinski definition) is 4. The van der Waals surface area contributed by atoms with E-state index in [1.807, 2.05) is 0 Å². The summed E-state index contributed by atoms with van der Waals surface area (Å²) < 4.78 is 18.4. The van der Waals surface area contributed by atoms with Gasteiger partial charge in [0.05, 0.1) is 18.6 Å². The van der Waals surface area contributed by atoms with Crippen molar-refractivity contribution >= 4 is 28.2 Å². The molecule has 21 heavy (non-hydrogen) atoms. The fourth-order valence-corrected chi connectivity index (χ4v) is 2.37. The van der Waals surface area contributed by atoms with Crippen LogP contribution in [0.15, 0.2) is 35.7 Å². The number of nitrogens with one attached hydrogen (secondary N) is 1. The van der Waals surface area contributed by atoms with Gasteiger partial charge in [0.1, 0.15) is 5.00 Å². The fraction of sp³-hybridized carbons (Fsp3) is 0.143. The number of hydrogen-bond donors (Lipinski definition) is 2. The van der Waals surface area contributed by atoms with E-state index in [4.69, 9.17) is 9.84 Å². The smallest absolute Gasteiger partial charge is 0.338 e. The van der Waals surface area contributed by atoms with Gasteiger partial charge in [-0.15, -0.1) is 11.3 Å². The number of carboxylic acids is 1. The number of carboxylic acid groups (broad SMARTS) is 1. The molecule has 0 bridgehead atoms. The Kier molecular flexibility index (Phi) is 4.89. The number of carbonyl (C=O) groups is 2. The van der Waals surface area contributed by atoms with E-state index in [0.717, 1.165) is 11.3 Å². The summed E-state index contributed by atoms with van der Waals surface area (Å²) in [5.41, 5.74) is 0.0448. The van der Waals surface area contributed by atoms with Crippen molar-refractivity contribution in [3.63, 3.8) is 0 Å². The summed E-state index contributed by atoms with van der Waals surface area (Å²) in [7, 11) is 0. The highest BCUT2D eigenvalue weighted by Gasteiger charge is 2.14. The lowest BCUT2D eigenvalue weighted by Crippen LogP contribution is -2.16.